The summed E-state index contributed by atoms with van der Waals surface area (Å²) in [5, 5.41) is 0. The van der Waals surface area contributed by atoms with E-state index in [2.05, 4.69) is 20.9 Å². The van der Waals surface area contributed by atoms with Crippen LogP contribution >= 0.6 is 15.9 Å². The molecule has 4 nitrogen and oxygen atoms in total. The number of hydrogen-bond donors (Lipinski definition) is 0. The minimum Gasteiger partial charge on any atom is -0.269 e. The Hall–Kier alpha value is -1.40. The van der Waals surface area contributed by atoms with Crippen LogP contribution in [0.1, 0.15) is 5.56 Å². The minimum atomic E-state index is -3.59. The Kier molecular flexibility index (Phi) is 3.91. The zero-order valence-electron chi connectivity index (χ0n) is 10.5. The van der Waals surface area contributed by atoms with E-state index in [0.717, 1.165) is 5.56 Å². The largest absolute Gasteiger partial charge is 0.269 e. The number of anilines is 1. The van der Waals surface area contributed by atoms with Gasteiger partial charge in [-0.25, -0.2) is 8.42 Å². The van der Waals surface area contributed by atoms with Crippen molar-refractivity contribution in [2.24, 2.45) is 0 Å². The maximum absolute atomic E-state index is 12.5. The molecule has 1 heterocycles. The molecule has 0 radical (unpaired) electrons. The standard InChI is InChI=1S/C13H13BrN2O2S/c1-10-4-3-5-12(6-10)16(2)19(17,18)13-7-11(14)8-15-9-13/h3-9H,1-2H3. The maximum atomic E-state index is 12.5. The Balaban J connectivity index is 2.45. The lowest BCUT2D eigenvalue weighted by molar-refractivity contribution is 0.594. The van der Waals surface area contributed by atoms with E-state index in [1.807, 2.05) is 25.1 Å². The summed E-state index contributed by atoms with van der Waals surface area (Å²) in [6.07, 6.45) is 2.89. The number of pyridine rings is 1. The number of aromatic nitrogens is 1. The summed E-state index contributed by atoms with van der Waals surface area (Å²) in [7, 11) is -2.06. The molecule has 0 aliphatic carbocycles. The molecule has 0 fully saturated rings. The van der Waals surface area contributed by atoms with E-state index < -0.39 is 10.0 Å². The van der Waals surface area contributed by atoms with Crippen molar-refractivity contribution in [2.75, 3.05) is 11.4 Å². The van der Waals surface area contributed by atoms with Crippen LogP contribution < -0.4 is 4.31 Å². The van der Waals surface area contributed by atoms with Crippen LogP contribution in [0.5, 0.6) is 0 Å². The lowest BCUT2D eigenvalue weighted by Gasteiger charge is -2.19. The monoisotopic (exact) mass is 340 g/mol. The second-order valence-electron chi connectivity index (χ2n) is 4.15. The molecule has 0 amide bonds. The summed E-state index contributed by atoms with van der Waals surface area (Å²) in [4.78, 5) is 4.05. The van der Waals surface area contributed by atoms with Gasteiger partial charge in [0.15, 0.2) is 0 Å². The van der Waals surface area contributed by atoms with Crippen molar-refractivity contribution < 1.29 is 8.42 Å². The van der Waals surface area contributed by atoms with Crippen molar-refractivity contribution >= 4 is 31.6 Å². The molecule has 0 unspecified atom stereocenters. The van der Waals surface area contributed by atoms with Crippen LogP contribution in [0, 0.1) is 6.92 Å². The van der Waals surface area contributed by atoms with E-state index in [1.165, 1.54) is 23.6 Å². The van der Waals surface area contributed by atoms with Gasteiger partial charge in [0, 0.05) is 23.9 Å². The normalized spacial score (nSPS) is 11.3. The first kappa shape index (κ1) is 14.0. The van der Waals surface area contributed by atoms with Gasteiger partial charge in [-0.2, -0.15) is 0 Å². The molecule has 0 bridgehead atoms. The summed E-state index contributed by atoms with van der Waals surface area (Å²) in [5.41, 5.74) is 1.63. The summed E-state index contributed by atoms with van der Waals surface area (Å²) < 4.78 is 26.8. The number of nitrogens with zero attached hydrogens (tertiary/aromatic N) is 2. The predicted octanol–water partition coefficient (Wildman–Crippen LogP) is 2.98. The lowest BCUT2D eigenvalue weighted by Crippen LogP contribution is -2.26. The van der Waals surface area contributed by atoms with Gasteiger partial charge in [-0.3, -0.25) is 9.29 Å². The predicted molar refractivity (Wildman–Crippen MR) is 78.7 cm³/mol. The van der Waals surface area contributed by atoms with Crippen molar-refractivity contribution in [2.45, 2.75) is 11.8 Å². The Morgan fingerprint density at radius 1 is 1.21 bits per heavy atom. The van der Waals surface area contributed by atoms with Crippen LogP contribution in [-0.4, -0.2) is 20.4 Å². The number of halogens is 1. The molecule has 0 aliphatic rings. The Labute approximate surface area is 121 Å². The first-order chi connectivity index (χ1) is 8.91. The third-order valence-electron chi connectivity index (χ3n) is 2.70. The van der Waals surface area contributed by atoms with Crippen LogP contribution in [0.2, 0.25) is 0 Å². The zero-order chi connectivity index (χ0) is 14.0. The number of benzene rings is 1. The molecule has 0 aliphatic heterocycles. The van der Waals surface area contributed by atoms with Gasteiger partial charge < -0.3 is 0 Å². The van der Waals surface area contributed by atoms with E-state index in [1.54, 1.807) is 12.3 Å². The number of sulfonamides is 1. The van der Waals surface area contributed by atoms with Crippen LogP contribution in [-0.2, 0) is 10.0 Å². The molecule has 2 rings (SSSR count). The average Bonchev–Trinajstić information content (AvgIpc) is 2.38. The lowest BCUT2D eigenvalue weighted by atomic mass is 10.2. The molecule has 0 saturated carbocycles. The highest BCUT2D eigenvalue weighted by atomic mass is 79.9. The Morgan fingerprint density at radius 2 is 1.95 bits per heavy atom. The van der Waals surface area contributed by atoms with Gasteiger partial charge in [0.2, 0.25) is 0 Å². The van der Waals surface area contributed by atoms with Gasteiger partial charge in [-0.05, 0) is 46.6 Å². The number of rotatable bonds is 3. The Morgan fingerprint density at radius 3 is 2.58 bits per heavy atom. The van der Waals surface area contributed by atoms with Gasteiger partial charge in [0.05, 0.1) is 5.69 Å². The molecule has 0 saturated heterocycles. The molecule has 0 atom stereocenters. The van der Waals surface area contributed by atoms with E-state index in [4.69, 9.17) is 0 Å². The van der Waals surface area contributed by atoms with E-state index >= 15 is 0 Å². The van der Waals surface area contributed by atoms with E-state index in [0.29, 0.717) is 10.2 Å². The van der Waals surface area contributed by atoms with Crippen LogP contribution in [0.4, 0.5) is 5.69 Å². The second kappa shape index (κ2) is 5.30. The molecule has 100 valence electrons. The van der Waals surface area contributed by atoms with Crippen LogP contribution in [0.15, 0.2) is 52.1 Å². The first-order valence-electron chi connectivity index (χ1n) is 5.57. The Bertz CT molecular complexity index is 701. The smallest absolute Gasteiger partial charge is 0.265 e. The fraction of sp³-hybridized carbons (Fsp3) is 0.154. The van der Waals surface area contributed by atoms with Gasteiger partial charge in [-0.15, -0.1) is 0 Å². The fourth-order valence-electron chi connectivity index (χ4n) is 1.65. The zero-order valence-corrected chi connectivity index (χ0v) is 12.9. The number of hydrogen-bond acceptors (Lipinski definition) is 3. The summed E-state index contributed by atoms with van der Waals surface area (Å²) in [6.45, 7) is 1.92. The second-order valence-corrected chi connectivity index (χ2v) is 7.04. The molecule has 0 spiro atoms. The van der Waals surface area contributed by atoms with Crippen molar-refractivity contribution in [1.82, 2.24) is 4.98 Å². The third kappa shape index (κ3) is 2.96. The van der Waals surface area contributed by atoms with Gasteiger partial charge >= 0.3 is 0 Å². The van der Waals surface area contributed by atoms with Crippen LogP contribution in [0.3, 0.4) is 0 Å². The van der Waals surface area contributed by atoms with Gasteiger partial charge in [-0.1, -0.05) is 12.1 Å². The highest BCUT2D eigenvalue weighted by molar-refractivity contribution is 9.10. The highest BCUT2D eigenvalue weighted by Crippen LogP contribution is 2.23. The summed E-state index contributed by atoms with van der Waals surface area (Å²) in [5.74, 6) is 0. The number of aryl methyl sites for hydroxylation is 1. The molecule has 1 aromatic carbocycles. The van der Waals surface area contributed by atoms with Crippen LogP contribution in [0.25, 0.3) is 0 Å². The fourth-order valence-corrected chi connectivity index (χ4v) is 3.35. The minimum absolute atomic E-state index is 0.158. The van der Waals surface area contributed by atoms with Gasteiger partial charge in [0.1, 0.15) is 4.90 Å². The average molecular weight is 341 g/mol. The quantitative estimate of drug-likeness (QED) is 0.862. The molecule has 1 aromatic heterocycles. The van der Waals surface area contributed by atoms with Crippen molar-refractivity contribution in [3.05, 3.63) is 52.8 Å². The SMILES string of the molecule is Cc1cccc(N(C)S(=O)(=O)c2cncc(Br)c2)c1. The van der Waals surface area contributed by atoms with Crippen molar-refractivity contribution in [3.63, 3.8) is 0 Å². The maximum Gasteiger partial charge on any atom is 0.265 e. The highest BCUT2D eigenvalue weighted by Gasteiger charge is 2.21. The molecule has 2 aromatic rings. The molecule has 0 N–H and O–H groups in total. The summed E-state index contributed by atoms with van der Waals surface area (Å²) in [6, 6.07) is 8.87. The van der Waals surface area contributed by atoms with E-state index in [-0.39, 0.29) is 4.90 Å². The summed E-state index contributed by atoms with van der Waals surface area (Å²) >= 11 is 3.23. The molecular formula is C13H13BrN2O2S. The van der Waals surface area contributed by atoms with Gasteiger partial charge in [0.25, 0.3) is 10.0 Å². The molecule has 6 heteroatoms. The topological polar surface area (TPSA) is 50.3 Å². The van der Waals surface area contributed by atoms with Crippen molar-refractivity contribution in [1.29, 1.82) is 0 Å². The van der Waals surface area contributed by atoms with Crippen molar-refractivity contribution in [3.8, 4) is 0 Å². The third-order valence-corrected chi connectivity index (χ3v) is 4.89. The molecular weight excluding hydrogens is 328 g/mol. The van der Waals surface area contributed by atoms with E-state index in [9.17, 15) is 8.42 Å². The first-order valence-corrected chi connectivity index (χ1v) is 7.81. The molecule has 19 heavy (non-hydrogen) atoms.